The Kier molecular flexibility index (Phi) is 4.78. The summed E-state index contributed by atoms with van der Waals surface area (Å²) in [4.78, 5) is 0. The maximum absolute atomic E-state index is 12.9. The van der Waals surface area contributed by atoms with E-state index >= 15 is 0 Å². The van der Waals surface area contributed by atoms with Gasteiger partial charge in [-0.3, -0.25) is 0 Å². The zero-order valence-electron chi connectivity index (χ0n) is 11.4. The molecule has 1 aromatic heterocycles. The fraction of sp³-hybridized carbons (Fsp3) is 0.400. The Hall–Kier alpha value is -1.39. The Bertz CT molecular complexity index is 553. The molecule has 2 unspecified atom stereocenters. The summed E-state index contributed by atoms with van der Waals surface area (Å²) in [6.07, 6.45) is 3.08. The molecule has 1 fully saturated rings. The Morgan fingerprint density at radius 3 is 2.70 bits per heavy atom. The third-order valence-electron chi connectivity index (χ3n) is 3.87. The smallest absolute Gasteiger partial charge is 0.123 e. The fourth-order valence-corrected chi connectivity index (χ4v) is 2.73. The maximum Gasteiger partial charge on any atom is 0.123 e. The van der Waals surface area contributed by atoms with Crippen molar-refractivity contribution in [2.75, 3.05) is 13.1 Å². The normalized spacial score (nSPS) is 22.3. The number of nitrogens with one attached hydrogen (secondary N) is 1. The van der Waals surface area contributed by atoms with Crippen molar-refractivity contribution < 1.29 is 4.39 Å². The number of hydrogen-bond acceptors (Lipinski definition) is 2. The van der Waals surface area contributed by atoms with E-state index in [9.17, 15) is 4.39 Å². The second-order valence-electron chi connectivity index (χ2n) is 5.24. The van der Waals surface area contributed by atoms with Crippen molar-refractivity contribution in [2.24, 2.45) is 5.92 Å². The molecule has 1 saturated heterocycles. The summed E-state index contributed by atoms with van der Waals surface area (Å²) in [7, 11) is 0. The SMILES string of the molecule is CC1CNCCC1c1ccn(-c2ccc(F)cc2)n1.Cl. The summed E-state index contributed by atoms with van der Waals surface area (Å²) in [6.45, 7) is 4.36. The van der Waals surface area contributed by atoms with Crippen molar-refractivity contribution >= 4 is 12.4 Å². The highest BCUT2D eigenvalue weighted by atomic mass is 35.5. The van der Waals surface area contributed by atoms with Crippen molar-refractivity contribution in [3.05, 3.63) is 48.0 Å². The van der Waals surface area contributed by atoms with Gasteiger partial charge in [-0.25, -0.2) is 9.07 Å². The van der Waals surface area contributed by atoms with Crippen LogP contribution in [-0.4, -0.2) is 22.9 Å². The molecule has 2 atom stereocenters. The standard InChI is InChI=1S/C15H18FN3.ClH/c1-11-10-17-8-6-14(11)15-7-9-19(18-15)13-4-2-12(16)3-5-13;/h2-5,7,9,11,14,17H,6,8,10H2,1H3;1H. The average Bonchev–Trinajstić information content (AvgIpc) is 2.89. The van der Waals surface area contributed by atoms with Crippen LogP contribution in [0.5, 0.6) is 0 Å². The predicted octanol–water partition coefficient (Wildman–Crippen LogP) is 3.15. The fourth-order valence-electron chi connectivity index (χ4n) is 2.73. The lowest BCUT2D eigenvalue weighted by Gasteiger charge is -2.28. The molecule has 2 aromatic rings. The second kappa shape index (κ2) is 6.37. The topological polar surface area (TPSA) is 29.9 Å². The predicted molar refractivity (Wildman–Crippen MR) is 80.2 cm³/mol. The number of rotatable bonds is 2. The van der Waals surface area contributed by atoms with Crippen LogP contribution in [0.25, 0.3) is 5.69 Å². The van der Waals surface area contributed by atoms with Gasteiger partial charge in [0.05, 0.1) is 11.4 Å². The summed E-state index contributed by atoms with van der Waals surface area (Å²) in [5.74, 6) is 0.899. The summed E-state index contributed by atoms with van der Waals surface area (Å²) in [6, 6.07) is 8.50. The second-order valence-corrected chi connectivity index (χ2v) is 5.24. The molecule has 0 bridgehead atoms. The van der Waals surface area contributed by atoms with Crippen LogP contribution in [0, 0.1) is 11.7 Å². The first-order chi connectivity index (χ1) is 9.24. The van der Waals surface area contributed by atoms with Gasteiger partial charge in [-0.2, -0.15) is 5.10 Å². The van der Waals surface area contributed by atoms with E-state index in [0.717, 1.165) is 30.9 Å². The summed E-state index contributed by atoms with van der Waals surface area (Å²) in [5.41, 5.74) is 2.03. The molecule has 1 aliphatic heterocycles. The van der Waals surface area contributed by atoms with Gasteiger partial charge in [-0.15, -0.1) is 12.4 Å². The first kappa shape index (κ1) is 15.0. The van der Waals surface area contributed by atoms with Gasteiger partial charge in [0.25, 0.3) is 0 Å². The molecule has 5 heteroatoms. The number of benzene rings is 1. The van der Waals surface area contributed by atoms with E-state index in [2.05, 4.69) is 23.4 Å². The largest absolute Gasteiger partial charge is 0.316 e. The number of nitrogens with zero attached hydrogens (tertiary/aromatic N) is 2. The molecule has 3 rings (SSSR count). The summed E-state index contributed by atoms with van der Waals surface area (Å²) >= 11 is 0. The van der Waals surface area contributed by atoms with Crippen molar-refractivity contribution in [3.63, 3.8) is 0 Å². The summed E-state index contributed by atoms with van der Waals surface area (Å²) in [5, 5.41) is 8.05. The molecular weight excluding hydrogens is 277 g/mol. The van der Waals surface area contributed by atoms with Crippen LogP contribution in [0.1, 0.15) is 25.0 Å². The highest BCUT2D eigenvalue weighted by molar-refractivity contribution is 5.85. The third kappa shape index (κ3) is 3.02. The van der Waals surface area contributed by atoms with Crippen LogP contribution in [0.4, 0.5) is 4.39 Å². The van der Waals surface area contributed by atoms with E-state index in [1.54, 1.807) is 12.1 Å². The molecule has 20 heavy (non-hydrogen) atoms. The molecule has 0 radical (unpaired) electrons. The van der Waals surface area contributed by atoms with E-state index in [-0.39, 0.29) is 18.2 Å². The quantitative estimate of drug-likeness (QED) is 0.922. The van der Waals surface area contributed by atoms with E-state index in [1.807, 2.05) is 10.9 Å². The average molecular weight is 296 g/mol. The van der Waals surface area contributed by atoms with Crippen LogP contribution >= 0.6 is 12.4 Å². The highest BCUT2D eigenvalue weighted by Crippen LogP contribution is 2.28. The van der Waals surface area contributed by atoms with E-state index in [4.69, 9.17) is 0 Å². The van der Waals surface area contributed by atoms with Gasteiger partial charge in [-0.1, -0.05) is 6.92 Å². The first-order valence-corrected chi connectivity index (χ1v) is 6.76. The lowest BCUT2D eigenvalue weighted by molar-refractivity contribution is 0.343. The van der Waals surface area contributed by atoms with Crippen LogP contribution in [0.15, 0.2) is 36.5 Å². The Morgan fingerprint density at radius 2 is 2.00 bits per heavy atom. The molecule has 0 saturated carbocycles. The molecule has 1 N–H and O–H groups in total. The Morgan fingerprint density at radius 1 is 1.25 bits per heavy atom. The van der Waals surface area contributed by atoms with Crippen LogP contribution < -0.4 is 5.32 Å². The van der Waals surface area contributed by atoms with Gasteiger partial charge in [0, 0.05) is 12.1 Å². The number of aromatic nitrogens is 2. The molecule has 1 aromatic carbocycles. The zero-order valence-corrected chi connectivity index (χ0v) is 12.2. The van der Waals surface area contributed by atoms with Crippen molar-refractivity contribution in [1.29, 1.82) is 0 Å². The lowest BCUT2D eigenvalue weighted by Crippen LogP contribution is -2.34. The van der Waals surface area contributed by atoms with Crippen molar-refractivity contribution in [3.8, 4) is 5.69 Å². The Labute approximate surface area is 124 Å². The van der Waals surface area contributed by atoms with Crippen LogP contribution in [-0.2, 0) is 0 Å². The van der Waals surface area contributed by atoms with Crippen LogP contribution in [0.3, 0.4) is 0 Å². The highest BCUT2D eigenvalue weighted by Gasteiger charge is 2.24. The molecule has 108 valence electrons. The van der Waals surface area contributed by atoms with Crippen molar-refractivity contribution in [2.45, 2.75) is 19.3 Å². The molecule has 3 nitrogen and oxygen atoms in total. The maximum atomic E-state index is 12.9. The van der Waals surface area contributed by atoms with Gasteiger partial charge in [-0.05, 0) is 55.8 Å². The summed E-state index contributed by atoms with van der Waals surface area (Å²) < 4.78 is 14.7. The molecule has 0 aliphatic carbocycles. The Balaban J connectivity index is 0.00000147. The molecular formula is C15H19ClFN3. The number of hydrogen-bond donors (Lipinski definition) is 1. The van der Waals surface area contributed by atoms with E-state index in [0.29, 0.717) is 11.8 Å². The van der Waals surface area contributed by atoms with Gasteiger partial charge >= 0.3 is 0 Å². The van der Waals surface area contributed by atoms with E-state index in [1.165, 1.54) is 12.1 Å². The minimum absolute atomic E-state index is 0. The molecule has 2 heterocycles. The van der Waals surface area contributed by atoms with E-state index < -0.39 is 0 Å². The third-order valence-corrected chi connectivity index (χ3v) is 3.87. The zero-order chi connectivity index (χ0) is 13.2. The van der Waals surface area contributed by atoms with Gasteiger partial charge in [0.15, 0.2) is 0 Å². The molecule has 1 aliphatic rings. The van der Waals surface area contributed by atoms with Gasteiger partial charge in [0.1, 0.15) is 5.82 Å². The number of piperidine rings is 1. The first-order valence-electron chi connectivity index (χ1n) is 6.76. The lowest BCUT2D eigenvalue weighted by atomic mass is 9.85. The molecule has 0 amide bonds. The number of halogens is 2. The molecule has 0 spiro atoms. The van der Waals surface area contributed by atoms with Crippen molar-refractivity contribution in [1.82, 2.24) is 15.1 Å². The van der Waals surface area contributed by atoms with Gasteiger partial charge in [0.2, 0.25) is 0 Å². The minimum Gasteiger partial charge on any atom is -0.316 e. The van der Waals surface area contributed by atoms with Crippen LogP contribution in [0.2, 0.25) is 0 Å². The monoisotopic (exact) mass is 295 g/mol. The minimum atomic E-state index is -0.219. The van der Waals surface area contributed by atoms with Gasteiger partial charge < -0.3 is 5.32 Å².